The van der Waals surface area contributed by atoms with Crippen molar-refractivity contribution in [3.05, 3.63) is 47.7 Å². The summed E-state index contributed by atoms with van der Waals surface area (Å²) >= 11 is 0. The molecule has 22 heavy (non-hydrogen) atoms. The maximum Gasteiger partial charge on any atom is 0.251 e. The lowest BCUT2D eigenvalue weighted by Gasteiger charge is -2.22. The Labute approximate surface area is 129 Å². The highest BCUT2D eigenvalue weighted by atomic mass is 16.3. The van der Waals surface area contributed by atoms with Crippen LogP contribution in [-0.4, -0.2) is 18.2 Å². The van der Waals surface area contributed by atoms with Gasteiger partial charge in [-0.2, -0.15) is 0 Å². The fraction of sp³-hybridized carbons (Fsp3) is 0.333. The lowest BCUT2D eigenvalue weighted by Crippen LogP contribution is -2.36. The zero-order chi connectivity index (χ0) is 15.4. The average Bonchev–Trinajstić information content (AvgIpc) is 3.05. The number of aldehydes is 1. The quantitative estimate of drug-likeness (QED) is 0.873. The fourth-order valence-corrected chi connectivity index (χ4v) is 2.87. The van der Waals surface area contributed by atoms with Gasteiger partial charge < -0.3 is 9.73 Å². The molecule has 0 bridgehead atoms. The van der Waals surface area contributed by atoms with E-state index in [0.29, 0.717) is 29.4 Å². The summed E-state index contributed by atoms with van der Waals surface area (Å²) in [7, 11) is 0. The first kappa shape index (κ1) is 14.6. The number of hydrogen-bond donors (Lipinski definition) is 1. The molecular formula is C18H19NO3. The van der Waals surface area contributed by atoms with Crippen LogP contribution in [0.4, 0.5) is 0 Å². The first-order valence-electron chi connectivity index (χ1n) is 7.72. The summed E-state index contributed by atoms with van der Waals surface area (Å²) in [6.07, 6.45) is 6.49. The molecule has 4 heteroatoms. The number of nitrogens with one attached hydrogen (secondary N) is 1. The summed E-state index contributed by atoms with van der Waals surface area (Å²) in [5.41, 5.74) is 1.50. The number of carbonyl (C=O) groups excluding carboxylic acids is 2. The smallest absolute Gasteiger partial charge is 0.251 e. The Bertz CT molecular complexity index is 651. The Hall–Kier alpha value is -2.36. The van der Waals surface area contributed by atoms with Gasteiger partial charge >= 0.3 is 0 Å². The minimum Gasteiger partial charge on any atom is -0.453 e. The molecule has 1 aromatic heterocycles. The topological polar surface area (TPSA) is 59.3 Å². The van der Waals surface area contributed by atoms with Gasteiger partial charge in [0.25, 0.3) is 5.91 Å². The Morgan fingerprint density at radius 1 is 1.05 bits per heavy atom. The molecule has 0 unspecified atom stereocenters. The number of benzene rings is 1. The SMILES string of the molecule is O=Cc1ccc(-c2ccc(C(=O)NC3CCCCC3)cc2)o1. The van der Waals surface area contributed by atoms with Crippen molar-refractivity contribution in [2.75, 3.05) is 0 Å². The van der Waals surface area contributed by atoms with Crippen molar-refractivity contribution >= 4 is 12.2 Å². The van der Waals surface area contributed by atoms with Crippen molar-refractivity contribution in [2.24, 2.45) is 0 Å². The summed E-state index contributed by atoms with van der Waals surface area (Å²) in [6, 6.07) is 10.9. The molecular weight excluding hydrogens is 278 g/mol. The van der Waals surface area contributed by atoms with Gasteiger partial charge in [-0.3, -0.25) is 9.59 Å². The minimum absolute atomic E-state index is 0.0218. The lowest BCUT2D eigenvalue weighted by atomic mass is 9.95. The summed E-state index contributed by atoms with van der Waals surface area (Å²) in [5.74, 6) is 0.905. The zero-order valence-electron chi connectivity index (χ0n) is 12.4. The van der Waals surface area contributed by atoms with Crippen molar-refractivity contribution in [1.82, 2.24) is 5.32 Å². The molecule has 0 saturated heterocycles. The van der Waals surface area contributed by atoms with E-state index in [0.717, 1.165) is 18.4 Å². The van der Waals surface area contributed by atoms with E-state index in [1.165, 1.54) is 19.3 Å². The first-order valence-corrected chi connectivity index (χ1v) is 7.72. The summed E-state index contributed by atoms with van der Waals surface area (Å²) in [5, 5.41) is 3.10. The van der Waals surface area contributed by atoms with Crippen molar-refractivity contribution in [3.8, 4) is 11.3 Å². The fourth-order valence-electron chi connectivity index (χ4n) is 2.87. The van der Waals surface area contributed by atoms with Gasteiger partial charge in [0, 0.05) is 17.2 Å². The molecule has 1 amide bonds. The molecule has 4 nitrogen and oxygen atoms in total. The monoisotopic (exact) mass is 297 g/mol. The van der Waals surface area contributed by atoms with Gasteiger partial charge in [-0.1, -0.05) is 31.4 Å². The second-order valence-corrected chi connectivity index (χ2v) is 5.71. The molecule has 3 rings (SSSR count). The predicted octanol–water partition coefficient (Wildman–Crippen LogP) is 3.82. The second kappa shape index (κ2) is 6.60. The normalized spacial score (nSPS) is 15.5. The van der Waals surface area contributed by atoms with E-state index in [2.05, 4.69) is 5.32 Å². The van der Waals surface area contributed by atoms with E-state index in [1.807, 2.05) is 12.1 Å². The summed E-state index contributed by atoms with van der Waals surface area (Å²) in [4.78, 5) is 22.9. The van der Waals surface area contributed by atoms with E-state index in [1.54, 1.807) is 24.3 Å². The van der Waals surface area contributed by atoms with Crippen LogP contribution in [-0.2, 0) is 0 Å². The van der Waals surface area contributed by atoms with Crippen LogP contribution < -0.4 is 5.32 Å². The van der Waals surface area contributed by atoms with Crippen molar-refractivity contribution in [1.29, 1.82) is 0 Å². The van der Waals surface area contributed by atoms with Gasteiger partial charge in [0.15, 0.2) is 12.0 Å². The average molecular weight is 297 g/mol. The van der Waals surface area contributed by atoms with Gasteiger partial charge in [-0.15, -0.1) is 0 Å². The summed E-state index contributed by atoms with van der Waals surface area (Å²) in [6.45, 7) is 0. The molecule has 114 valence electrons. The van der Waals surface area contributed by atoms with E-state index in [9.17, 15) is 9.59 Å². The van der Waals surface area contributed by atoms with E-state index in [4.69, 9.17) is 4.42 Å². The largest absolute Gasteiger partial charge is 0.453 e. The Morgan fingerprint density at radius 3 is 2.41 bits per heavy atom. The van der Waals surface area contributed by atoms with E-state index < -0.39 is 0 Å². The van der Waals surface area contributed by atoms with Gasteiger partial charge in [-0.05, 0) is 37.1 Å². The Balaban J connectivity index is 1.67. The molecule has 1 heterocycles. The highest BCUT2D eigenvalue weighted by Gasteiger charge is 2.16. The van der Waals surface area contributed by atoms with Crippen LogP contribution in [0.5, 0.6) is 0 Å². The molecule has 1 N–H and O–H groups in total. The van der Waals surface area contributed by atoms with Crippen LogP contribution in [0.3, 0.4) is 0 Å². The first-order chi connectivity index (χ1) is 10.8. The standard InChI is InChI=1S/C18H19NO3/c20-12-16-10-11-17(22-16)13-6-8-14(9-7-13)18(21)19-15-4-2-1-3-5-15/h6-12,15H,1-5H2,(H,19,21). The van der Waals surface area contributed by atoms with Crippen molar-refractivity contribution in [3.63, 3.8) is 0 Å². The van der Waals surface area contributed by atoms with Crippen LogP contribution in [0.1, 0.15) is 53.0 Å². The summed E-state index contributed by atoms with van der Waals surface area (Å²) < 4.78 is 5.37. The molecule has 0 radical (unpaired) electrons. The van der Waals surface area contributed by atoms with Crippen LogP contribution in [0.25, 0.3) is 11.3 Å². The van der Waals surface area contributed by atoms with Gasteiger partial charge in [-0.25, -0.2) is 0 Å². The minimum atomic E-state index is -0.0218. The van der Waals surface area contributed by atoms with Crippen LogP contribution in [0, 0.1) is 0 Å². The predicted molar refractivity (Wildman–Crippen MR) is 83.9 cm³/mol. The Morgan fingerprint density at radius 2 is 1.77 bits per heavy atom. The molecule has 2 aromatic rings. The maximum absolute atomic E-state index is 12.2. The third-order valence-electron chi connectivity index (χ3n) is 4.11. The van der Waals surface area contributed by atoms with Crippen LogP contribution >= 0.6 is 0 Å². The van der Waals surface area contributed by atoms with Crippen LogP contribution in [0.2, 0.25) is 0 Å². The molecule has 0 aliphatic heterocycles. The molecule has 1 fully saturated rings. The highest BCUT2D eigenvalue weighted by molar-refractivity contribution is 5.94. The second-order valence-electron chi connectivity index (χ2n) is 5.71. The van der Waals surface area contributed by atoms with Crippen molar-refractivity contribution in [2.45, 2.75) is 38.1 Å². The third-order valence-corrected chi connectivity index (χ3v) is 4.11. The molecule has 0 spiro atoms. The molecule has 0 atom stereocenters. The van der Waals surface area contributed by atoms with E-state index >= 15 is 0 Å². The van der Waals surface area contributed by atoms with Crippen molar-refractivity contribution < 1.29 is 14.0 Å². The third kappa shape index (κ3) is 3.27. The van der Waals surface area contributed by atoms with Gasteiger partial charge in [0.2, 0.25) is 0 Å². The van der Waals surface area contributed by atoms with Gasteiger partial charge in [0.1, 0.15) is 5.76 Å². The molecule has 1 aliphatic rings. The number of carbonyl (C=O) groups is 2. The Kier molecular flexibility index (Phi) is 4.37. The zero-order valence-corrected chi connectivity index (χ0v) is 12.4. The van der Waals surface area contributed by atoms with Gasteiger partial charge in [0.05, 0.1) is 0 Å². The van der Waals surface area contributed by atoms with E-state index in [-0.39, 0.29) is 5.91 Å². The maximum atomic E-state index is 12.2. The number of amides is 1. The lowest BCUT2D eigenvalue weighted by molar-refractivity contribution is 0.0927. The van der Waals surface area contributed by atoms with Crippen LogP contribution in [0.15, 0.2) is 40.8 Å². The molecule has 1 aliphatic carbocycles. The molecule has 1 aromatic carbocycles. The number of rotatable bonds is 4. The highest BCUT2D eigenvalue weighted by Crippen LogP contribution is 2.22. The number of furan rings is 1. The number of hydrogen-bond acceptors (Lipinski definition) is 3. The molecule has 1 saturated carbocycles.